The van der Waals surface area contributed by atoms with Crippen molar-refractivity contribution >= 4 is 39.6 Å². The van der Waals surface area contributed by atoms with Crippen molar-refractivity contribution in [2.75, 3.05) is 23.3 Å². The van der Waals surface area contributed by atoms with E-state index < -0.39 is 6.10 Å². The van der Waals surface area contributed by atoms with E-state index in [1.807, 2.05) is 11.5 Å². The van der Waals surface area contributed by atoms with Crippen LogP contribution in [0.4, 0.5) is 11.8 Å². The van der Waals surface area contributed by atoms with E-state index in [4.69, 9.17) is 4.98 Å². The molecular weight excluding hydrogens is 472 g/mol. The number of guanidine groups is 1. The topological polar surface area (TPSA) is 86.0 Å². The minimum absolute atomic E-state index is 0.0659. The molecule has 1 amide bonds. The number of rotatable bonds is 5. The molecule has 3 atom stereocenters. The second-order valence-electron chi connectivity index (χ2n) is 8.94. The Bertz CT molecular complexity index is 1100. The molecule has 1 saturated carbocycles. The van der Waals surface area contributed by atoms with E-state index in [-0.39, 0.29) is 18.0 Å². The van der Waals surface area contributed by atoms with Crippen molar-refractivity contribution in [1.82, 2.24) is 14.5 Å². The van der Waals surface area contributed by atoms with E-state index in [1.54, 1.807) is 4.90 Å². The third-order valence-corrected chi connectivity index (χ3v) is 7.56. The zero-order chi connectivity index (χ0) is 22.6. The Morgan fingerprint density at radius 2 is 2.12 bits per heavy atom. The van der Waals surface area contributed by atoms with E-state index in [0.717, 1.165) is 34.9 Å². The largest absolute Gasteiger partial charge is 0.391 e. The number of benzene rings is 1. The lowest BCUT2D eigenvalue weighted by molar-refractivity contribution is 0.0836. The van der Waals surface area contributed by atoms with Crippen LogP contribution in [0.1, 0.15) is 54.7 Å². The van der Waals surface area contributed by atoms with Gasteiger partial charge in [0, 0.05) is 11.0 Å². The predicted molar refractivity (Wildman–Crippen MR) is 128 cm³/mol. The second kappa shape index (κ2) is 8.19. The van der Waals surface area contributed by atoms with Crippen LogP contribution in [0.5, 0.6) is 0 Å². The molecule has 9 heteroatoms. The maximum absolute atomic E-state index is 13.6. The molecule has 0 saturated heterocycles. The Hall–Kier alpha value is -2.39. The Labute approximate surface area is 196 Å². The number of hydrogen-bond acceptors (Lipinski definition) is 6. The molecule has 1 aromatic carbocycles. The van der Waals surface area contributed by atoms with Gasteiger partial charge >= 0.3 is 0 Å². The number of imidazole rings is 1. The van der Waals surface area contributed by atoms with Crippen LogP contribution in [0, 0.1) is 6.92 Å². The second-order valence-corrected chi connectivity index (χ2v) is 9.79. The highest BCUT2D eigenvalue weighted by atomic mass is 79.9. The number of nitrogens with one attached hydrogen (secondary N) is 1. The van der Waals surface area contributed by atoms with Gasteiger partial charge in [0.25, 0.3) is 5.91 Å². The first kappa shape index (κ1) is 21.5. The molecule has 1 fully saturated rings. The van der Waals surface area contributed by atoms with Gasteiger partial charge in [0.15, 0.2) is 11.5 Å². The van der Waals surface area contributed by atoms with E-state index in [0.29, 0.717) is 43.1 Å². The SMILES string of the molecule is CCN1C(=O)c2c(nc(N[C@@H]3CCC[C@H]3O)n2Cc2ccc(C)c(Br)c2)N2C1=NCC2C. The highest BCUT2D eigenvalue weighted by Crippen LogP contribution is 2.36. The van der Waals surface area contributed by atoms with Crippen molar-refractivity contribution in [3.05, 3.63) is 39.5 Å². The Kier molecular flexibility index (Phi) is 5.49. The zero-order valence-electron chi connectivity index (χ0n) is 18.7. The number of halogens is 1. The number of aliphatic hydroxyl groups is 1. The summed E-state index contributed by atoms with van der Waals surface area (Å²) in [7, 11) is 0. The van der Waals surface area contributed by atoms with Gasteiger partial charge < -0.3 is 10.4 Å². The summed E-state index contributed by atoms with van der Waals surface area (Å²) < 4.78 is 3.01. The third-order valence-electron chi connectivity index (χ3n) is 6.71. The average molecular weight is 501 g/mol. The number of amides is 1. The Balaban J connectivity index is 1.63. The van der Waals surface area contributed by atoms with E-state index in [2.05, 4.69) is 63.2 Å². The first-order valence-electron chi connectivity index (χ1n) is 11.3. The van der Waals surface area contributed by atoms with Crippen molar-refractivity contribution in [3.63, 3.8) is 0 Å². The van der Waals surface area contributed by atoms with Crippen molar-refractivity contribution in [2.24, 2.45) is 4.99 Å². The predicted octanol–water partition coefficient (Wildman–Crippen LogP) is 3.37. The van der Waals surface area contributed by atoms with Crippen LogP contribution in [0.2, 0.25) is 0 Å². The van der Waals surface area contributed by atoms with Gasteiger partial charge in [-0.1, -0.05) is 28.1 Å². The van der Waals surface area contributed by atoms with Gasteiger partial charge in [0.2, 0.25) is 11.9 Å². The molecule has 0 spiro atoms. The summed E-state index contributed by atoms with van der Waals surface area (Å²) in [5.41, 5.74) is 2.81. The highest BCUT2D eigenvalue weighted by molar-refractivity contribution is 9.10. The summed E-state index contributed by atoms with van der Waals surface area (Å²) in [4.78, 5) is 27.0. The van der Waals surface area contributed by atoms with Gasteiger partial charge in [0.1, 0.15) is 0 Å². The monoisotopic (exact) mass is 500 g/mol. The number of aliphatic hydroxyl groups excluding tert-OH is 1. The van der Waals surface area contributed by atoms with Crippen molar-refractivity contribution in [3.8, 4) is 0 Å². The summed E-state index contributed by atoms with van der Waals surface area (Å²) in [5.74, 6) is 1.89. The highest BCUT2D eigenvalue weighted by Gasteiger charge is 2.44. The standard InChI is InChI=1S/C23H29BrN6O2/c1-4-28-21(32)19-20(30-14(3)11-25-23(28)30)27-22(26-17-6-5-7-18(17)31)29(19)12-15-9-8-13(2)16(24)10-15/h8-10,14,17-18,31H,4-7,11-12H2,1-3H3,(H,26,27)/t14?,17-,18-/m1/s1. The minimum Gasteiger partial charge on any atom is -0.391 e. The molecule has 2 aliphatic heterocycles. The molecule has 2 N–H and O–H groups in total. The van der Waals surface area contributed by atoms with Gasteiger partial charge in [-0.25, -0.2) is 0 Å². The quantitative estimate of drug-likeness (QED) is 0.657. The van der Waals surface area contributed by atoms with Crippen LogP contribution >= 0.6 is 15.9 Å². The molecule has 8 nitrogen and oxygen atoms in total. The zero-order valence-corrected chi connectivity index (χ0v) is 20.3. The van der Waals surface area contributed by atoms with Gasteiger partial charge in [-0.3, -0.25) is 24.2 Å². The number of aromatic nitrogens is 2. The number of fused-ring (bicyclic) bond motifs is 3. The summed E-state index contributed by atoms with van der Waals surface area (Å²) in [6.45, 7) is 7.82. The van der Waals surface area contributed by atoms with Crippen LogP contribution < -0.4 is 10.2 Å². The number of aryl methyl sites for hydroxylation is 1. The fourth-order valence-corrected chi connectivity index (χ4v) is 5.29. The summed E-state index contributed by atoms with van der Waals surface area (Å²) in [6.07, 6.45) is 2.24. The smallest absolute Gasteiger partial charge is 0.281 e. The molecule has 170 valence electrons. The van der Waals surface area contributed by atoms with Crippen molar-refractivity contribution in [2.45, 2.75) is 64.8 Å². The number of carbonyl (C=O) groups is 1. The molecule has 5 rings (SSSR count). The first-order chi connectivity index (χ1) is 15.4. The maximum atomic E-state index is 13.6. The van der Waals surface area contributed by atoms with Gasteiger partial charge in [-0.15, -0.1) is 0 Å². The first-order valence-corrected chi connectivity index (χ1v) is 12.1. The lowest BCUT2D eigenvalue weighted by Crippen LogP contribution is -2.52. The van der Waals surface area contributed by atoms with E-state index in [1.165, 1.54) is 0 Å². The third kappa shape index (κ3) is 3.42. The summed E-state index contributed by atoms with van der Waals surface area (Å²) >= 11 is 3.63. The van der Waals surface area contributed by atoms with Crippen molar-refractivity contribution < 1.29 is 9.90 Å². The van der Waals surface area contributed by atoms with Crippen LogP contribution in [-0.2, 0) is 6.54 Å². The molecule has 1 unspecified atom stereocenters. The maximum Gasteiger partial charge on any atom is 0.281 e. The van der Waals surface area contributed by atoms with E-state index >= 15 is 0 Å². The molecule has 0 radical (unpaired) electrons. The molecule has 1 aromatic heterocycles. The summed E-state index contributed by atoms with van der Waals surface area (Å²) in [6, 6.07) is 6.31. The molecule has 3 heterocycles. The van der Waals surface area contributed by atoms with Gasteiger partial charge in [-0.2, -0.15) is 4.98 Å². The number of hydrogen-bond donors (Lipinski definition) is 2. The average Bonchev–Trinajstić information content (AvgIpc) is 3.44. The lowest BCUT2D eigenvalue weighted by Gasteiger charge is -2.35. The number of carbonyl (C=O) groups excluding carboxylic acids is 1. The fourth-order valence-electron chi connectivity index (χ4n) is 4.87. The van der Waals surface area contributed by atoms with Crippen LogP contribution in [0.25, 0.3) is 0 Å². The minimum atomic E-state index is -0.406. The van der Waals surface area contributed by atoms with Gasteiger partial charge in [0.05, 0.1) is 31.3 Å². The van der Waals surface area contributed by atoms with Crippen LogP contribution in [0.15, 0.2) is 27.7 Å². The molecule has 1 aliphatic carbocycles. The number of aliphatic imine (C=N–C) groups is 1. The van der Waals surface area contributed by atoms with Crippen LogP contribution in [0.3, 0.4) is 0 Å². The molecule has 32 heavy (non-hydrogen) atoms. The summed E-state index contributed by atoms with van der Waals surface area (Å²) in [5, 5.41) is 13.9. The molecule has 3 aliphatic rings. The fraction of sp³-hybridized carbons (Fsp3) is 0.522. The van der Waals surface area contributed by atoms with Gasteiger partial charge in [-0.05, 0) is 57.2 Å². The molecule has 0 bridgehead atoms. The van der Waals surface area contributed by atoms with Crippen molar-refractivity contribution in [1.29, 1.82) is 0 Å². The Morgan fingerprint density at radius 1 is 1.31 bits per heavy atom. The Morgan fingerprint density at radius 3 is 2.81 bits per heavy atom. The van der Waals surface area contributed by atoms with E-state index in [9.17, 15) is 9.90 Å². The molecule has 2 aromatic rings. The van der Waals surface area contributed by atoms with Crippen LogP contribution in [-0.4, -0.2) is 62.7 Å². The molecular formula is C23H29BrN6O2. The number of nitrogens with zero attached hydrogens (tertiary/aromatic N) is 5. The number of anilines is 2. The lowest BCUT2D eigenvalue weighted by atomic mass is 10.1. The normalized spacial score (nSPS) is 24.6.